The summed E-state index contributed by atoms with van der Waals surface area (Å²) in [6, 6.07) is 17.1. The second-order valence-corrected chi connectivity index (χ2v) is 8.21. The van der Waals surface area contributed by atoms with E-state index < -0.39 is 0 Å². The van der Waals surface area contributed by atoms with Gasteiger partial charge in [0, 0.05) is 16.1 Å². The maximum absolute atomic E-state index is 13.6. The Bertz CT molecular complexity index is 1170. The van der Waals surface area contributed by atoms with E-state index in [1.165, 1.54) is 29.7 Å². The first kappa shape index (κ1) is 20.8. The van der Waals surface area contributed by atoms with Crippen LogP contribution in [0.25, 0.3) is 0 Å². The Morgan fingerprint density at radius 3 is 2.65 bits per heavy atom. The Labute approximate surface area is 184 Å². The molecule has 4 rings (SSSR count). The Balaban J connectivity index is 1.75. The van der Waals surface area contributed by atoms with Crippen molar-refractivity contribution in [2.75, 3.05) is 10.6 Å². The molecule has 0 spiro atoms. The Kier molecular flexibility index (Phi) is 6.13. The van der Waals surface area contributed by atoms with Gasteiger partial charge in [0.05, 0.1) is 12.3 Å². The maximum atomic E-state index is 13.6. The zero-order chi connectivity index (χ0) is 21.8. The standard InChI is InChI=1S/C24H22FN3O2S/c1-3-18-14-19(24(31-18)28-23(29)20-7-5-13-30-20)22(16-9-11-17(25)12-10-16)27-21-8-4-6-15(2)26-21/h4-14,22H,3H2,1-2H3,(H,26,27)(H,28,29). The van der Waals surface area contributed by atoms with Crippen LogP contribution in [-0.4, -0.2) is 10.9 Å². The number of aryl methyl sites for hydroxylation is 2. The number of carbonyl (C=O) groups is 1. The van der Waals surface area contributed by atoms with Crippen LogP contribution in [0, 0.1) is 12.7 Å². The Morgan fingerprint density at radius 2 is 1.97 bits per heavy atom. The lowest BCUT2D eigenvalue weighted by Crippen LogP contribution is -2.17. The molecule has 7 heteroatoms. The predicted octanol–water partition coefficient (Wildman–Crippen LogP) is 6.20. The molecule has 0 aliphatic carbocycles. The molecule has 5 nitrogen and oxygen atoms in total. The maximum Gasteiger partial charge on any atom is 0.291 e. The van der Waals surface area contributed by atoms with Crippen molar-refractivity contribution in [2.45, 2.75) is 26.3 Å². The fourth-order valence-electron chi connectivity index (χ4n) is 3.28. The van der Waals surface area contributed by atoms with Crippen LogP contribution in [0.2, 0.25) is 0 Å². The summed E-state index contributed by atoms with van der Waals surface area (Å²) in [6.45, 7) is 3.99. The van der Waals surface area contributed by atoms with Gasteiger partial charge in [-0.25, -0.2) is 9.37 Å². The molecule has 0 bridgehead atoms. The number of amides is 1. The zero-order valence-electron chi connectivity index (χ0n) is 17.2. The number of hydrogen-bond donors (Lipinski definition) is 2. The van der Waals surface area contributed by atoms with Crippen LogP contribution in [0.4, 0.5) is 15.2 Å². The third kappa shape index (κ3) is 4.83. The molecular weight excluding hydrogens is 413 g/mol. The van der Waals surface area contributed by atoms with Crippen molar-refractivity contribution in [1.29, 1.82) is 0 Å². The normalized spacial score (nSPS) is 11.8. The van der Waals surface area contributed by atoms with Gasteiger partial charge in [0.15, 0.2) is 5.76 Å². The van der Waals surface area contributed by atoms with Crippen LogP contribution >= 0.6 is 11.3 Å². The second-order valence-electron chi connectivity index (χ2n) is 7.08. The summed E-state index contributed by atoms with van der Waals surface area (Å²) in [5, 5.41) is 7.15. The van der Waals surface area contributed by atoms with Crippen LogP contribution in [-0.2, 0) is 6.42 Å². The summed E-state index contributed by atoms with van der Waals surface area (Å²) in [5.41, 5.74) is 2.63. The number of nitrogens with one attached hydrogen (secondary N) is 2. The first-order valence-electron chi connectivity index (χ1n) is 9.96. The van der Waals surface area contributed by atoms with Crippen LogP contribution in [0.3, 0.4) is 0 Å². The predicted molar refractivity (Wildman–Crippen MR) is 121 cm³/mol. The van der Waals surface area contributed by atoms with E-state index in [9.17, 15) is 9.18 Å². The summed E-state index contributed by atoms with van der Waals surface area (Å²) in [7, 11) is 0. The van der Waals surface area contributed by atoms with Crippen molar-refractivity contribution in [3.8, 4) is 0 Å². The topological polar surface area (TPSA) is 67.2 Å². The monoisotopic (exact) mass is 435 g/mol. The van der Waals surface area contributed by atoms with Gasteiger partial charge in [0.25, 0.3) is 5.91 Å². The molecule has 1 atom stereocenters. The summed E-state index contributed by atoms with van der Waals surface area (Å²) >= 11 is 1.52. The highest BCUT2D eigenvalue weighted by molar-refractivity contribution is 7.16. The van der Waals surface area contributed by atoms with E-state index >= 15 is 0 Å². The number of thiophene rings is 1. The van der Waals surface area contributed by atoms with Crippen LogP contribution < -0.4 is 10.6 Å². The molecule has 1 amide bonds. The van der Waals surface area contributed by atoms with E-state index in [0.717, 1.165) is 28.1 Å². The molecule has 1 aromatic carbocycles. The van der Waals surface area contributed by atoms with E-state index in [-0.39, 0.29) is 23.5 Å². The van der Waals surface area contributed by atoms with Gasteiger partial charge in [-0.3, -0.25) is 4.79 Å². The Hall–Kier alpha value is -3.45. The number of nitrogens with zero attached hydrogens (tertiary/aromatic N) is 1. The van der Waals surface area contributed by atoms with E-state index in [0.29, 0.717) is 10.8 Å². The van der Waals surface area contributed by atoms with E-state index in [4.69, 9.17) is 4.42 Å². The number of aromatic nitrogens is 1. The molecule has 0 aliphatic heterocycles. The number of furan rings is 1. The first-order valence-corrected chi connectivity index (χ1v) is 10.8. The average Bonchev–Trinajstić information content (AvgIpc) is 3.43. The number of carbonyl (C=O) groups excluding carboxylic acids is 1. The summed E-state index contributed by atoms with van der Waals surface area (Å²) in [6.07, 6.45) is 2.29. The molecule has 4 aromatic rings. The molecule has 0 aliphatic rings. The molecule has 158 valence electrons. The molecule has 0 saturated carbocycles. The molecule has 1 unspecified atom stereocenters. The largest absolute Gasteiger partial charge is 0.459 e. The van der Waals surface area contributed by atoms with E-state index in [2.05, 4.69) is 28.6 Å². The van der Waals surface area contributed by atoms with Gasteiger partial charge < -0.3 is 15.1 Å². The average molecular weight is 436 g/mol. The van der Waals surface area contributed by atoms with Crippen LogP contribution in [0.15, 0.2) is 71.3 Å². The third-order valence-corrected chi connectivity index (χ3v) is 6.04. The fourth-order valence-corrected chi connectivity index (χ4v) is 4.32. The van der Waals surface area contributed by atoms with Crippen molar-refractivity contribution in [2.24, 2.45) is 0 Å². The minimum absolute atomic E-state index is 0.240. The van der Waals surface area contributed by atoms with Gasteiger partial charge in [0.2, 0.25) is 0 Å². The van der Waals surface area contributed by atoms with Gasteiger partial charge >= 0.3 is 0 Å². The number of halogens is 1. The number of rotatable bonds is 7. The number of anilines is 2. The lowest BCUT2D eigenvalue weighted by Gasteiger charge is -2.21. The molecule has 0 saturated heterocycles. The number of benzene rings is 1. The first-order chi connectivity index (χ1) is 15.0. The smallest absolute Gasteiger partial charge is 0.291 e. The zero-order valence-corrected chi connectivity index (χ0v) is 18.0. The molecule has 0 fully saturated rings. The summed E-state index contributed by atoms with van der Waals surface area (Å²) < 4.78 is 18.8. The van der Waals surface area contributed by atoms with Crippen molar-refractivity contribution in [3.05, 3.63) is 100 Å². The summed E-state index contributed by atoms with van der Waals surface area (Å²) in [5.74, 6) is 0.315. The second kappa shape index (κ2) is 9.14. The SMILES string of the molecule is CCc1cc(C(Nc2cccc(C)n2)c2ccc(F)cc2)c(NC(=O)c2ccco2)s1. The van der Waals surface area contributed by atoms with Crippen molar-refractivity contribution < 1.29 is 13.6 Å². The van der Waals surface area contributed by atoms with Gasteiger partial charge in [0.1, 0.15) is 16.6 Å². The van der Waals surface area contributed by atoms with Gasteiger partial charge in [-0.1, -0.05) is 25.1 Å². The third-order valence-electron chi connectivity index (χ3n) is 4.83. The lowest BCUT2D eigenvalue weighted by molar-refractivity contribution is 0.0997. The van der Waals surface area contributed by atoms with Crippen molar-refractivity contribution >= 4 is 28.1 Å². The number of pyridine rings is 1. The number of hydrogen-bond acceptors (Lipinski definition) is 5. The highest BCUT2D eigenvalue weighted by Crippen LogP contribution is 2.38. The molecule has 0 radical (unpaired) electrons. The summed E-state index contributed by atoms with van der Waals surface area (Å²) in [4.78, 5) is 18.3. The van der Waals surface area contributed by atoms with Crippen LogP contribution in [0.5, 0.6) is 0 Å². The Morgan fingerprint density at radius 1 is 1.16 bits per heavy atom. The molecule has 2 N–H and O–H groups in total. The molecule has 3 aromatic heterocycles. The highest BCUT2D eigenvalue weighted by atomic mass is 32.1. The quantitative estimate of drug-likeness (QED) is 0.363. The van der Waals surface area contributed by atoms with Crippen LogP contribution in [0.1, 0.15) is 45.2 Å². The minimum atomic E-state index is -0.335. The fraction of sp³-hybridized carbons (Fsp3) is 0.167. The molecule has 3 heterocycles. The van der Waals surface area contributed by atoms with Crippen molar-refractivity contribution in [1.82, 2.24) is 4.98 Å². The van der Waals surface area contributed by atoms with Crippen molar-refractivity contribution in [3.63, 3.8) is 0 Å². The van der Waals surface area contributed by atoms with Gasteiger partial charge in [-0.2, -0.15) is 0 Å². The van der Waals surface area contributed by atoms with Gasteiger partial charge in [-0.05, 0) is 61.4 Å². The minimum Gasteiger partial charge on any atom is -0.459 e. The van der Waals surface area contributed by atoms with Gasteiger partial charge in [-0.15, -0.1) is 11.3 Å². The van der Waals surface area contributed by atoms with E-state index in [1.54, 1.807) is 24.3 Å². The molecular formula is C24H22FN3O2S. The lowest BCUT2D eigenvalue weighted by atomic mass is 9.99. The van der Waals surface area contributed by atoms with E-state index in [1.807, 2.05) is 25.1 Å². The highest BCUT2D eigenvalue weighted by Gasteiger charge is 2.23. The molecule has 31 heavy (non-hydrogen) atoms.